The van der Waals surface area contributed by atoms with Crippen LogP contribution in [-0.4, -0.2) is 50.1 Å². The Kier molecular flexibility index (Phi) is 5.58. The zero-order valence-corrected chi connectivity index (χ0v) is 19.0. The zero-order chi connectivity index (χ0) is 20.8. The molecule has 0 fully saturated rings. The Morgan fingerprint density at radius 1 is 1.11 bits per heavy atom. The minimum Gasteiger partial charge on any atom is -0.546 e. The van der Waals surface area contributed by atoms with Crippen LogP contribution >= 0.6 is 0 Å². The minimum absolute atomic E-state index is 0.00396. The second-order valence-electron chi connectivity index (χ2n) is 9.68. The second kappa shape index (κ2) is 7.00. The van der Waals surface area contributed by atoms with Gasteiger partial charge in [0.25, 0.3) is 0 Å². The van der Waals surface area contributed by atoms with Gasteiger partial charge in [0.05, 0.1) is 30.5 Å². The van der Waals surface area contributed by atoms with Crippen molar-refractivity contribution >= 4 is 20.4 Å². The van der Waals surface area contributed by atoms with E-state index in [4.69, 9.17) is 13.9 Å². The van der Waals surface area contributed by atoms with Crippen LogP contribution in [0.3, 0.4) is 0 Å². The maximum atomic E-state index is 12.7. The highest BCUT2D eigenvalue weighted by atomic mass is 28.4. The van der Waals surface area contributed by atoms with Crippen molar-refractivity contribution in [1.29, 1.82) is 0 Å². The molecular formula is C20H33NO5Si. The van der Waals surface area contributed by atoms with Crippen molar-refractivity contribution < 1.29 is 23.5 Å². The largest absolute Gasteiger partial charge is 0.546 e. The van der Waals surface area contributed by atoms with Gasteiger partial charge < -0.3 is 13.9 Å². The normalized spacial score (nSPS) is 22.8. The van der Waals surface area contributed by atoms with Crippen LogP contribution in [0, 0.1) is 0 Å². The fourth-order valence-electron chi connectivity index (χ4n) is 2.96. The van der Waals surface area contributed by atoms with E-state index >= 15 is 0 Å². The van der Waals surface area contributed by atoms with Gasteiger partial charge in [-0.15, -0.1) is 0 Å². The summed E-state index contributed by atoms with van der Waals surface area (Å²) in [6.45, 7) is 16.2. The summed E-state index contributed by atoms with van der Waals surface area (Å²) in [5.74, 6) is 0.181. The highest BCUT2D eigenvalue weighted by Crippen LogP contribution is 2.43. The average molecular weight is 396 g/mol. The first-order chi connectivity index (χ1) is 12.2. The fraction of sp³-hybridized carbons (Fsp3) is 0.700. The van der Waals surface area contributed by atoms with E-state index in [1.54, 1.807) is 4.90 Å². The molecule has 0 aromatic rings. The number of carbonyl (C=O) groups excluding carboxylic acids is 2. The molecule has 0 radical (unpaired) electrons. The summed E-state index contributed by atoms with van der Waals surface area (Å²) in [7, 11) is -0.791. The molecule has 2 aliphatic heterocycles. The molecule has 2 rings (SSSR count). The molecule has 6 nitrogen and oxygen atoms in total. The maximum absolute atomic E-state index is 12.7. The lowest BCUT2D eigenvalue weighted by molar-refractivity contribution is -0.137. The Bertz CT molecular complexity index is 681. The van der Waals surface area contributed by atoms with Crippen molar-refractivity contribution in [1.82, 2.24) is 4.90 Å². The molecule has 1 amide bonds. The van der Waals surface area contributed by atoms with Crippen molar-refractivity contribution in [2.75, 3.05) is 7.11 Å². The van der Waals surface area contributed by atoms with Crippen molar-refractivity contribution in [2.24, 2.45) is 0 Å². The second-order valence-corrected chi connectivity index (χ2v) is 14.4. The molecule has 0 aliphatic carbocycles. The number of carbonyl (C=O) groups is 2. The van der Waals surface area contributed by atoms with Gasteiger partial charge in [-0.25, -0.2) is 9.59 Å². The first-order valence-corrected chi connectivity index (χ1v) is 12.3. The summed E-state index contributed by atoms with van der Waals surface area (Å²) < 4.78 is 17.1. The molecule has 0 saturated carbocycles. The van der Waals surface area contributed by atoms with E-state index in [1.807, 2.05) is 32.9 Å². The lowest BCUT2D eigenvalue weighted by Gasteiger charge is -2.42. The van der Waals surface area contributed by atoms with Gasteiger partial charge in [0, 0.05) is 6.42 Å². The topological polar surface area (TPSA) is 65.1 Å². The van der Waals surface area contributed by atoms with Gasteiger partial charge in [-0.2, -0.15) is 0 Å². The van der Waals surface area contributed by atoms with E-state index in [2.05, 4.69) is 33.9 Å². The van der Waals surface area contributed by atoms with Gasteiger partial charge in [0.15, 0.2) is 0 Å². The Morgan fingerprint density at radius 3 is 2.19 bits per heavy atom. The molecule has 0 N–H and O–H groups in total. The van der Waals surface area contributed by atoms with Crippen LogP contribution in [0.4, 0.5) is 4.79 Å². The molecule has 27 heavy (non-hydrogen) atoms. The van der Waals surface area contributed by atoms with Crippen LogP contribution < -0.4 is 0 Å². The van der Waals surface area contributed by atoms with E-state index in [9.17, 15) is 9.59 Å². The molecule has 2 aliphatic rings. The zero-order valence-electron chi connectivity index (χ0n) is 18.0. The van der Waals surface area contributed by atoms with Crippen LogP contribution in [0.5, 0.6) is 0 Å². The number of ether oxygens (including phenoxy) is 2. The number of fused-ring (bicyclic) bond motifs is 2. The monoisotopic (exact) mass is 395 g/mol. The van der Waals surface area contributed by atoms with Gasteiger partial charge in [-0.1, -0.05) is 32.9 Å². The van der Waals surface area contributed by atoms with Gasteiger partial charge in [0.2, 0.25) is 8.32 Å². The number of hydrogen-bond acceptors (Lipinski definition) is 5. The quantitative estimate of drug-likeness (QED) is 0.403. The van der Waals surface area contributed by atoms with E-state index < -0.39 is 32.0 Å². The van der Waals surface area contributed by atoms with Crippen molar-refractivity contribution in [3.05, 3.63) is 23.5 Å². The van der Waals surface area contributed by atoms with Crippen LogP contribution in [-0.2, 0) is 18.7 Å². The van der Waals surface area contributed by atoms with Crippen LogP contribution in [0.15, 0.2) is 23.5 Å². The summed E-state index contributed by atoms with van der Waals surface area (Å²) in [4.78, 5) is 26.9. The highest BCUT2D eigenvalue weighted by Gasteiger charge is 2.48. The van der Waals surface area contributed by atoms with Crippen molar-refractivity contribution in [2.45, 2.75) is 83.8 Å². The highest BCUT2D eigenvalue weighted by molar-refractivity contribution is 6.74. The van der Waals surface area contributed by atoms with Gasteiger partial charge >= 0.3 is 12.1 Å². The minimum atomic E-state index is -2.14. The third-order valence-corrected chi connectivity index (χ3v) is 9.73. The predicted octanol–water partition coefficient (Wildman–Crippen LogP) is 4.38. The third kappa shape index (κ3) is 4.39. The summed E-state index contributed by atoms with van der Waals surface area (Å²) in [6, 6.07) is -0.705. The molecule has 152 valence electrons. The maximum Gasteiger partial charge on any atom is 0.411 e. The Morgan fingerprint density at radius 2 is 1.70 bits per heavy atom. The fourth-order valence-corrected chi connectivity index (χ4v) is 4.07. The molecule has 0 saturated heterocycles. The molecule has 0 aromatic heterocycles. The number of esters is 1. The van der Waals surface area contributed by atoms with Crippen molar-refractivity contribution in [3.8, 4) is 0 Å². The first-order valence-electron chi connectivity index (χ1n) is 9.38. The van der Waals surface area contributed by atoms with Crippen molar-refractivity contribution in [3.63, 3.8) is 0 Å². The Labute approximate surface area is 163 Å². The smallest absolute Gasteiger partial charge is 0.411 e. The standard InChI is InChI=1S/C20H33NO5Si/c1-19(2,3)25-18(23)21-13-10-11-14(21)16(17(22)24-7)15(12-13)26-27(8,9)20(4,5)6/h10-11,13-14H,12H2,1-9H3/t13-,14+/m1/s1. The predicted molar refractivity (Wildman–Crippen MR) is 107 cm³/mol. The van der Waals surface area contributed by atoms with Gasteiger partial charge in [-0.05, 0) is 38.9 Å². The molecule has 2 atom stereocenters. The number of amides is 1. The summed E-state index contributed by atoms with van der Waals surface area (Å²) in [5.41, 5.74) is -0.206. The first kappa shape index (κ1) is 21.5. The Balaban J connectivity index is 2.41. The number of methoxy groups -OCH3 is 1. The number of rotatable bonds is 3. The van der Waals surface area contributed by atoms with E-state index in [1.165, 1.54) is 7.11 Å². The molecule has 0 spiro atoms. The molecule has 7 heteroatoms. The SMILES string of the molecule is COC(=O)C1=C(O[Si](C)(C)C(C)(C)C)C[C@H]2C=C[C@@H]1N2C(=O)OC(C)(C)C. The van der Waals surface area contributed by atoms with E-state index in [0.717, 1.165) is 0 Å². The molecule has 2 heterocycles. The Hall–Kier alpha value is -1.76. The molecule has 0 unspecified atom stereocenters. The molecule has 0 aromatic carbocycles. The summed E-state index contributed by atoms with van der Waals surface area (Å²) >= 11 is 0. The third-order valence-electron chi connectivity index (χ3n) is 5.36. The lowest BCUT2D eigenvalue weighted by atomic mass is 9.99. The molecule has 2 bridgehead atoms. The van der Waals surface area contributed by atoms with Crippen LogP contribution in [0.25, 0.3) is 0 Å². The van der Waals surface area contributed by atoms with Crippen LogP contribution in [0.1, 0.15) is 48.0 Å². The van der Waals surface area contributed by atoms with Crippen LogP contribution in [0.2, 0.25) is 18.1 Å². The average Bonchev–Trinajstić information content (AvgIpc) is 2.79. The van der Waals surface area contributed by atoms with Gasteiger partial charge in [0.1, 0.15) is 5.60 Å². The van der Waals surface area contributed by atoms with E-state index in [0.29, 0.717) is 17.8 Å². The molecular weight excluding hydrogens is 362 g/mol. The summed E-state index contributed by atoms with van der Waals surface area (Å²) in [5, 5.41) is -0.00396. The number of nitrogens with zero attached hydrogens (tertiary/aromatic N) is 1. The number of hydrogen-bond donors (Lipinski definition) is 0. The lowest BCUT2D eigenvalue weighted by Crippen LogP contribution is -2.51. The van der Waals surface area contributed by atoms with Gasteiger partial charge in [-0.3, -0.25) is 4.90 Å². The summed E-state index contributed by atoms with van der Waals surface area (Å²) in [6.07, 6.45) is 3.82. The van der Waals surface area contributed by atoms with E-state index in [-0.39, 0.29) is 11.1 Å².